The number of hydrogen-bond donors (Lipinski definition) is 0. The number of aryl methyl sites for hydroxylation is 3. The van der Waals surface area contributed by atoms with Crippen LogP contribution in [0, 0.1) is 0 Å². The molecule has 0 saturated carbocycles. The maximum Gasteiger partial charge on any atom is 0.471 e. The Morgan fingerprint density at radius 3 is 2.71 bits per heavy atom. The highest BCUT2D eigenvalue weighted by molar-refractivity contribution is 5.52. The second kappa shape index (κ2) is 5.95. The van der Waals surface area contributed by atoms with E-state index >= 15 is 0 Å². The van der Waals surface area contributed by atoms with Crippen LogP contribution in [0.1, 0.15) is 11.5 Å². The molecule has 24 heavy (non-hydrogen) atoms. The van der Waals surface area contributed by atoms with Crippen molar-refractivity contribution in [2.24, 2.45) is 7.05 Å². The highest BCUT2D eigenvalue weighted by Gasteiger charge is 2.38. The normalized spacial score (nSPS) is 11.8. The molecular formula is C14H12F3N5O2. The van der Waals surface area contributed by atoms with Crippen molar-refractivity contribution in [2.45, 2.75) is 19.1 Å². The van der Waals surface area contributed by atoms with E-state index in [0.29, 0.717) is 13.0 Å². The summed E-state index contributed by atoms with van der Waals surface area (Å²) in [5.41, 5.74) is 0.771. The number of alkyl halides is 3. The van der Waals surface area contributed by atoms with Crippen molar-refractivity contribution in [3.05, 3.63) is 52.5 Å². The Labute approximate surface area is 133 Å². The molecule has 0 unspecified atom stereocenters. The van der Waals surface area contributed by atoms with Gasteiger partial charge in [-0.05, 0) is 18.1 Å². The van der Waals surface area contributed by atoms with Gasteiger partial charge in [-0.3, -0.25) is 9.48 Å². The molecule has 7 nitrogen and oxygen atoms in total. The van der Waals surface area contributed by atoms with E-state index in [9.17, 15) is 18.0 Å². The van der Waals surface area contributed by atoms with Crippen molar-refractivity contribution in [3.8, 4) is 11.4 Å². The van der Waals surface area contributed by atoms with Gasteiger partial charge in [0.05, 0.1) is 6.20 Å². The summed E-state index contributed by atoms with van der Waals surface area (Å²) in [6.45, 7) is 0.421. The highest BCUT2D eigenvalue weighted by Crippen LogP contribution is 2.28. The molecule has 0 radical (unpaired) electrons. The number of halogens is 3. The first kappa shape index (κ1) is 16.0. The molecule has 0 aliphatic rings. The smallest absolute Gasteiger partial charge is 0.329 e. The van der Waals surface area contributed by atoms with Gasteiger partial charge in [0, 0.05) is 37.6 Å². The van der Waals surface area contributed by atoms with Gasteiger partial charge in [-0.25, -0.2) is 0 Å². The zero-order valence-electron chi connectivity index (χ0n) is 12.5. The summed E-state index contributed by atoms with van der Waals surface area (Å²) in [7, 11) is 1.80. The summed E-state index contributed by atoms with van der Waals surface area (Å²) in [6, 6.07) is 2.64. The van der Waals surface area contributed by atoms with Crippen LogP contribution in [0.5, 0.6) is 0 Å². The summed E-state index contributed by atoms with van der Waals surface area (Å²) in [6.07, 6.45) is 0.921. The van der Waals surface area contributed by atoms with Gasteiger partial charge in [-0.15, -0.1) is 0 Å². The number of rotatable bonds is 4. The highest BCUT2D eigenvalue weighted by atomic mass is 19.4. The maximum atomic E-state index is 12.5. The molecule has 0 spiro atoms. The van der Waals surface area contributed by atoms with Gasteiger partial charge in [0.15, 0.2) is 0 Å². The second-order valence-corrected chi connectivity index (χ2v) is 5.14. The predicted molar refractivity (Wildman–Crippen MR) is 75.9 cm³/mol. The van der Waals surface area contributed by atoms with E-state index in [-0.39, 0.29) is 16.9 Å². The Kier molecular flexibility index (Phi) is 3.96. The fraction of sp³-hybridized carbons (Fsp3) is 0.286. The third-order valence-corrected chi connectivity index (χ3v) is 3.32. The molecule has 0 atom stereocenters. The lowest BCUT2D eigenvalue weighted by atomic mass is 10.2. The molecule has 3 aromatic heterocycles. The number of pyridine rings is 1. The first-order valence-electron chi connectivity index (χ1n) is 6.92. The van der Waals surface area contributed by atoms with Gasteiger partial charge < -0.3 is 9.09 Å². The monoisotopic (exact) mass is 339 g/mol. The van der Waals surface area contributed by atoms with Crippen molar-refractivity contribution in [1.82, 2.24) is 24.5 Å². The fourth-order valence-corrected chi connectivity index (χ4v) is 2.14. The van der Waals surface area contributed by atoms with Crippen LogP contribution in [-0.2, 0) is 26.2 Å². The summed E-state index contributed by atoms with van der Waals surface area (Å²) < 4.78 is 44.6. The largest absolute Gasteiger partial charge is 0.471 e. The third-order valence-electron chi connectivity index (χ3n) is 3.32. The molecule has 3 heterocycles. The summed E-state index contributed by atoms with van der Waals surface area (Å²) in [4.78, 5) is 15.3. The fourth-order valence-electron chi connectivity index (χ4n) is 2.14. The molecule has 0 bridgehead atoms. The van der Waals surface area contributed by atoms with E-state index in [4.69, 9.17) is 0 Å². The molecule has 0 amide bonds. The summed E-state index contributed by atoms with van der Waals surface area (Å²) in [5, 5.41) is 7.29. The number of nitrogens with zero attached hydrogens (tertiary/aromatic N) is 5. The van der Waals surface area contributed by atoms with E-state index in [2.05, 4.69) is 19.8 Å². The average molecular weight is 339 g/mol. The van der Waals surface area contributed by atoms with Crippen molar-refractivity contribution < 1.29 is 17.7 Å². The van der Waals surface area contributed by atoms with Crippen LogP contribution >= 0.6 is 0 Å². The predicted octanol–water partition coefficient (Wildman–Crippen LogP) is 1.89. The molecule has 0 fully saturated rings. The van der Waals surface area contributed by atoms with E-state index in [0.717, 1.165) is 5.56 Å². The third kappa shape index (κ3) is 3.36. The lowest BCUT2D eigenvalue weighted by Crippen LogP contribution is -2.19. The lowest BCUT2D eigenvalue weighted by Gasteiger charge is -2.04. The van der Waals surface area contributed by atoms with Crippen LogP contribution in [0.15, 0.2) is 40.0 Å². The van der Waals surface area contributed by atoms with Gasteiger partial charge in [0.25, 0.3) is 5.56 Å². The Hall–Kier alpha value is -2.91. The van der Waals surface area contributed by atoms with E-state index in [1.165, 1.54) is 22.9 Å². The number of hydrogen-bond acceptors (Lipinski definition) is 5. The van der Waals surface area contributed by atoms with E-state index < -0.39 is 12.1 Å². The van der Waals surface area contributed by atoms with Crippen LogP contribution in [-0.4, -0.2) is 24.5 Å². The molecule has 0 saturated heterocycles. The van der Waals surface area contributed by atoms with Crippen LogP contribution in [0.25, 0.3) is 11.4 Å². The Morgan fingerprint density at radius 2 is 2.12 bits per heavy atom. The zero-order chi connectivity index (χ0) is 17.3. The summed E-state index contributed by atoms with van der Waals surface area (Å²) in [5.74, 6) is -1.72. The Morgan fingerprint density at radius 1 is 1.33 bits per heavy atom. The Bertz CT molecular complexity index is 910. The molecule has 0 aromatic carbocycles. The average Bonchev–Trinajstić information content (AvgIpc) is 3.14. The second-order valence-electron chi connectivity index (χ2n) is 5.14. The van der Waals surface area contributed by atoms with Gasteiger partial charge in [0.2, 0.25) is 5.82 Å². The standard InChI is InChI=1S/C14H12F3N5O2/c1-21-8-9(7-18-21)2-4-22-5-3-10(6-11(22)23)12-19-13(24-20-12)14(15,16)17/h3,5-8H,2,4H2,1H3. The number of aromatic nitrogens is 5. The van der Waals surface area contributed by atoms with Crippen molar-refractivity contribution in [2.75, 3.05) is 0 Å². The first-order chi connectivity index (χ1) is 11.3. The van der Waals surface area contributed by atoms with Crippen LogP contribution < -0.4 is 5.56 Å². The molecule has 0 N–H and O–H groups in total. The molecule has 0 aliphatic carbocycles. The van der Waals surface area contributed by atoms with Crippen LogP contribution in [0.3, 0.4) is 0 Å². The topological polar surface area (TPSA) is 78.7 Å². The minimum atomic E-state index is -4.72. The van der Waals surface area contributed by atoms with Gasteiger partial charge in [-0.2, -0.15) is 23.3 Å². The first-order valence-corrected chi connectivity index (χ1v) is 6.92. The minimum Gasteiger partial charge on any atom is -0.329 e. The molecule has 126 valence electrons. The van der Waals surface area contributed by atoms with Crippen molar-refractivity contribution in [1.29, 1.82) is 0 Å². The van der Waals surface area contributed by atoms with Crippen LogP contribution in [0.2, 0.25) is 0 Å². The molecule has 0 aliphatic heterocycles. The quantitative estimate of drug-likeness (QED) is 0.725. The minimum absolute atomic E-state index is 0.164. The van der Waals surface area contributed by atoms with Gasteiger partial charge >= 0.3 is 12.1 Å². The van der Waals surface area contributed by atoms with Crippen molar-refractivity contribution >= 4 is 0 Å². The molecule has 3 rings (SSSR count). The van der Waals surface area contributed by atoms with Gasteiger partial charge in [0.1, 0.15) is 0 Å². The van der Waals surface area contributed by atoms with E-state index in [1.807, 2.05) is 6.20 Å². The zero-order valence-corrected chi connectivity index (χ0v) is 12.5. The lowest BCUT2D eigenvalue weighted by molar-refractivity contribution is -0.159. The molecule has 10 heteroatoms. The summed E-state index contributed by atoms with van der Waals surface area (Å²) >= 11 is 0. The molecular weight excluding hydrogens is 327 g/mol. The maximum absolute atomic E-state index is 12.5. The molecule has 3 aromatic rings. The van der Waals surface area contributed by atoms with Crippen molar-refractivity contribution in [3.63, 3.8) is 0 Å². The van der Waals surface area contributed by atoms with Gasteiger partial charge in [-0.1, -0.05) is 5.16 Å². The van der Waals surface area contributed by atoms with Crippen LogP contribution in [0.4, 0.5) is 13.2 Å². The van der Waals surface area contributed by atoms with E-state index in [1.54, 1.807) is 17.9 Å². The Balaban J connectivity index is 1.77. The SMILES string of the molecule is Cn1cc(CCn2ccc(-c3noc(C(F)(F)F)n3)cc2=O)cn1.